The molecule has 0 spiro atoms. The Morgan fingerprint density at radius 3 is 2.92 bits per heavy atom. The summed E-state index contributed by atoms with van der Waals surface area (Å²) in [6.45, 7) is 0.843. The number of aliphatic hydroxyl groups is 1. The Morgan fingerprint density at radius 2 is 2.12 bits per heavy atom. The minimum atomic E-state index is -0.143. The number of aromatic nitrogens is 1. The van der Waals surface area contributed by atoms with Gasteiger partial charge >= 0.3 is 6.08 Å². The van der Waals surface area contributed by atoms with Gasteiger partial charge in [0.2, 0.25) is 0 Å². The summed E-state index contributed by atoms with van der Waals surface area (Å²) in [7, 11) is 0. The number of ether oxygens (including phenoxy) is 1. The predicted octanol–water partition coefficient (Wildman–Crippen LogP) is 3.23. The Bertz CT molecular complexity index is 745. The lowest BCUT2D eigenvalue weighted by atomic mass is 9.75. The normalized spacial score (nSPS) is 25.6. The van der Waals surface area contributed by atoms with Crippen molar-refractivity contribution in [2.45, 2.75) is 38.1 Å². The van der Waals surface area contributed by atoms with Gasteiger partial charge in [0, 0.05) is 18.0 Å². The van der Waals surface area contributed by atoms with E-state index < -0.39 is 0 Å². The number of nitrogens with zero attached hydrogens (tertiary/aromatic N) is 2. The van der Waals surface area contributed by atoms with Crippen molar-refractivity contribution < 1.29 is 19.1 Å². The highest BCUT2D eigenvalue weighted by atomic mass is 16.6. The van der Waals surface area contributed by atoms with Crippen LogP contribution in [0.2, 0.25) is 0 Å². The second kappa shape index (κ2) is 6.52. The molecule has 4 rings (SSSR count). The third-order valence-corrected chi connectivity index (χ3v) is 5.54. The highest BCUT2D eigenvalue weighted by Gasteiger charge is 2.49. The van der Waals surface area contributed by atoms with Gasteiger partial charge in [-0.2, -0.15) is 4.98 Å². The maximum Gasteiger partial charge on any atom is 0.399 e. The van der Waals surface area contributed by atoms with Gasteiger partial charge in [0.05, 0.1) is 6.61 Å². The second-order valence-corrected chi connectivity index (χ2v) is 6.94. The number of carbonyl (C=O) groups excluding carboxylic acids is 1. The fraction of sp³-hybridized carbons (Fsp3) is 0.474. The predicted molar refractivity (Wildman–Crippen MR) is 90.4 cm³/mol. The van der Waals surface area contributed by atoms with Crippen LogP contribution in [-0.2, 0) is 0 Å². The Morgan fingerprint density at radius 1 is 1.32 bits per heavy atom. The molecule has 1 amide bonds. The average molecular weight is 342 g/mol. The molecule has 6 heteroatoms. The van der Waals surface area contributed by atoms with Crippen molar-refractivity contribution in [3.8, 4) is 11.8 Å². The van der Waals surface area contributed by atoms with Crippen LogP contribution in [0.1, 0.15) is 42.6 Å². The molecule has 0 unspecified atom stereocenters. The van der Waals surface area contributed by atoms with Crippen LogP contribution >= 0.6 is 0 Å². The fourth-order valence-corrected chi connectivity index (χ4v) is 4.30. The molecule has 25 heavy (non-hydrogen) atoms. The van der Waals surface area contributed by atoms with Crippen molar-refractivity contribution in [2.75, 3.05) is 13.2 Å². The molecule has 6 nitrogen and oxygen atoms in total. The lowest BCUT2D eigenvalue weighted by molar-refractivity contribution is -0.000682. The smallest absolute Gasteiger partial charge is 0.399 e. The van der Waals surface area contributed by atoms with E-state index in [1.807, 2.05) is 23.1 Å². The number of carbonyl (C=O) groups is 1. The van der Waals surface area contributed by atoms with Crippen LogP contribution in [0.25, 0.3) is 0 Å². The van der Waals surface area contributed by atoms with E-state index in [0.29, 0.717) is 12.3 Å². The lowest BCUT2D eigenvalue weighted by Gasteiger charge is -2.45. The first kappa shape index (κ1) is 16.1. The maximum absolute atomic E-state index is 12.9. The summed E-state index contributed by atoms with van der Waals surface area (Å²) >= 11 is 0. The number of para-hydroxylation sites is 1. The van der Waals surface area contributed by atoms with Crippen LogP contribution in [0.4, 0.5) is 0 Å². The van der Waals surface area contributed by atoms with E-state index in [-0.39, 0.29) is 35.7 Å². The summed E-state index contributed by atoms with van der Waals surface area (Å²) in [4.78, 5) is 19.0. The minimum Gasteiger partial charge on any atom is -0.416 e. The Kier molecular flexibility index (Phi) is 4.21. The van der Waals surface area contributed by atoms with Crippen LogP contribution in [-0.4, -0.2) is 40.1 Å². The zero-order valence-electron chi connectivity index (χ0n) is 14.1. The van der Waals surface area contributed by atoms with Gasteiger partial charge in [0.1, 0.15) is 12.0 Å². The van der Waals surface area contributed by atoms with E-state index in [1.54, 1.807) is 12.1 Å². The van der Waals surface area contributed by atoms with Gasteiger partial charge in [0.25, 0.3) is 5.91 Å². The summed E-state index contributed by atoms with van der Waals surface area (Å²) in [5.74, 6) is 0.465. The van der Waals surface area contributed by atoms with Gasteiger partial charge in [-0.25, -0.2) is 0 Å². The molecule has 1 saturated carbocycles. The molecule has 1 aliphatic carbocycles. The monoisotopic (exact) mass is 342 g/mol. The SMILES string of the molecule is O=C(c1coc(Oc2ccccc2)n1)N1CCC[C@@]2(CO)CCC[C@@H]12. The highest BCUT2D eigenvalue weighted by molar-refractivity contribution is 5.92. The second-order valence-electron chi connectivity index (χ2n) is 6.94. The van der Waals surface area contributed by atoms with Crippen molar-refractivity contribution >= 4 is 5.91 Å². The molecule has 0 radical (unpaired) electrons. The molecular weight excluding hydrogens is 320 g/mol. The van der Waals surface area contributed by atoms with E-state index >= 15 is 0 Å². The van der Waals surface area contributed by atoms with Crippen molar-refractivity contribution in [1.29, 1.82) is 0 Å². The molecule has 1 aromatic carbocycles. The molecule has 1 aliphatic heterocycles. The summed E-state index contributed by atoms with van der Waals surface area (Å²) in [5, 5.41) is 9.90. The number of piperidine rings is 1. The number of aliphatic hydroxyl groups excluding tert-OH is 1. The molecule has 1 N–H and O–H groups in total. The van der Waals surface area contributed by atoms with Gasteiger partial charge in [-0.05, 0) is 37.8 Å². The topological polar surface area (TPSA) is 75.8 Å². The zero-order valence-corrected chi connectivity index (χ0v) is 14.1. The van der Waals surface area contributed by atoms with Crippen LogP contribution < -0.4 is 4.74 Å². The molecule has 2 fully saturated rings. The molecule has 132 valence electrons. The van der Waals surface area contributed by atoms with Crippen LogP contribution in [0.15, 0.2) is 41.0 Å². The standard InChI is InChI=1S/C19H22N2O4/c22-13-19-9-4-8-16(19)21(11-5-10-19)17(23)15-12-24-18(20-15)25-14-6-2-1-3-7-14/h1-3,6-7,12,16,22H,4-5,8-11,13H2/t16-,19-/m1/s1. The number of hydrogen-bond acceptors (Lipinski definition) is 5. The summed E-state index contributed by atoms with van der Waals surface area (Å²) < 4.78 is 10.8. The first-order chi connectivity index (χ1) is 12.2. The van der Waals surface area contributed by atoms with Gasteiger partial charge < -0.3 is 19.2 Å². The molecule has 0 bridgehead atoms. The lowest BCUT2D eigenvalue weighted by Crippen LogP contribution is -2.53. The van der Waals surface area contributed by atoms with E-state index in [2.05, 4.69) is 4.98 Å². The van der Waals surface area contributed by atoms with Gasteiger partial charge in [-0.3, -0.25) is 4.79 Å². The average Bonchev–Trinajstić information content (AvgIpc) is 3.29. The number of hydrogen-bond donors (Lipinski definition) is 1. The number of likely N-dealkylation sites (tertiary alicyclic amines) is 1. The molecular formula is C19H22N2O4. The largest absolute Gasteiger partial charge is 0.416 e. The first-order valence-electron chi connectivity index (χ1n) is 8.82. The van der Waals surface area contributed by atoms with E-state index in [4.69, 9.17) is 9.15 Å². The quantitative estimate of drug-likeness (QED) is 0.923. The fourth-order valence-electron chi connectivity index (χ4n) is 4.30. The first-order valence-corrected chi connectivity index (χ1v) is 8.82. The third kappa shape index (κ3) is 2.91. The van der Waals surface area contributed by atoms with Gasteiger partial charge in [-0.15, -0.1) is 0 Å². The zero-order chi connectivity index (χ0) is 17.3. The summed E-state index contributed by atoms with van der Waals surface area (Å²) in [6.07, 6.45) is 6.29. The summed E-state index contributed by atoms with van der Waals surface area (Å²) in [5.41, 5.74) is 0.118. The van der Waals surface area contributed by atoms with Gasteiger partial charge in [-0.1, -0.05) is 24.6 Å². The van der Waals surface area contributed by atoms with E-state index in [0.717, 1.165) is 32.1 Å². The van der Waals surface area contributed by atoms with Crippen LogP contribution in [0, 0.1) is 5.41 Å². The molecule has 2 aromatic rings. The molecule has 2 atom stereocenters. The molecule has 1 aromatic heterocycles. The van der Waals surface area contributed by atoms with Crippen molar-refractivity contribution in [2.24, 2.45) is 5.41 Å². The molecule has 2 aliphatic rings. The number of rotatable bonds is 4. The number of oxazole rings is 1. The minimum absolute atomic E-state index is 0.0615. The Hall–Kier alpha value is -2.34. The third-order valence-electron chi connectivity index (χ3n) is 5.54. The molecule has 1 saturated heterocycles. The Balaban J connectivity index is 1.51. The van der Waals surface area contributed by atoms with Crippen LogP contribution in [0.5, 0.6) is 11.8 Å². The van der Waals surface area contributed by atoms with Gasteiger partial charge in [0.15, 0.2) is 5.69 Å². The van der Waals surface area contributed by atoms with Crippen LogP contribution in [0.3, 0.4) is 0 Å². The van der Waals surface area contributed by atoms with E-state index in [9.17, 15) is 9.90 Å². The number of benzene rings is 1. The molecule has 2 heterocycles. The maximum atomic E-state index is 12.9. The van der Waals surface area contributed by atoms with E-state index in [1.165, 1.54) is 6.26 Å². The highest BCUT2D eigenvalue weighted by Crippen LogP contribution is 2.47. The van der Waals surface area contributed by atoms with Crippen molar-refractivity contribution in [3.63, 3.8) is 0 Å². The summed E-state index contributed by atoms with van der Waals surface area (Å²) in [6, 6.07) is 9.28. The van der Waals surface area contributed by atoms with Crippen molar-refractivity contribution in [1.82, 2.24) is 9.88 Å². The Labute approximate surface area is 146 Å². The van der Waals surface area contributed by atoms with Crippen molar-refractivity contribution in [3.05, 3.63) is 42.3 Å². The number of fused-ring (bicyclic) bond motifs is 1. The number of amides is 1.